The van der Waals surface area contributed by atoms with Crippen molar-refractivity contribution < 1.29 is 4.74 Å². The van der Waals surface area contributed by atoms with Crippen LogP contribution in [-0.4, -0.2) is 27.3 Å². The summed E-state index contributed by atoms with van der Waals surface area (Å²) < 4.78 is 4.88. The molecular weight excluding hydrogens is 144 g/mol. The number of aromatic amines is 1. The first-order chi connectivity index (χ1) is 5.40. The molecule has 2 aromatic heterocycles. The van der Waals surface area contributed by atoms with Crippen LogP contribution in [0.3, 0.4) is 0 Å². The van der Waals surface area contributed by atoms with Gasteiger partial charge in [0.05, 0.1) is 25.0 Å². The molecule has 2 rings (SSSR count). The van der Waals surface area contributed by atoms with Crippen LogP contribution in [0.15, 0.2) is 12.4 Å². The molecule has 0 unspecified atom stereocenters. The molecule has 5 nitrogen and oxygen atoms in total. The lowest BCUT2D eigenvalue weighted by Crippen LogP contribution is -1.82. The van der Waals surface area contributed by atoms with Crippen LogP contribution in [0.2, 0.25) is 0 Å². The molecule has 0 saturated heterocycles. The second-order valence-electron chi connectivity index (χ2n) is 2.03. The standard InChI is InChI=1S/C6H6N4O/c1-11-6-9-4-2-7-8-3-5(4)10-6/h2-3H,1H3,(H,9,10). The van der Waals surface area contributed by atoms with Gasteiger partial charge in [-0.2, -0.15) is 15.2 Å². The fourth-order valence-corrected chi connectivity index (χ4v) is 0.849. The first kappa shape index (κ1) is 6.09. The van der Waals surface area contributed by atoms with Crippen LogP contribution in [0.1, 0.15) is 0 Å². The molecule has 0 radical (unpaired) electrons. The van der Waals surface area contributed by atoms with Crippen molar-refractivity contribution in [1.29, 1.82) is 0 Å². The Bertz CT molecular complexity index is 336. The third-order valence-electron chi connectivity index (χ3n) is 1.37. The number of aromatic nitrogens is 4. The highest BCUT2D eigenvalue weighted by molar-refractivity contribution is 5.73. The number of hydrogen-bond donors (Lipinski definition) is 1. The lowest BCUT2D eigenvalue weighted by Gasteiger charge is -1.86. The molecule has 0 aliphatic rings. The Hall–Kier alpha value is -1.65. The van der Waals surface area contributed by atoms with Gasteiger partial charge >= 0.3 is 0 Å². The van der Waals surface area contributed by atoms with Crippen LogP contribution in [0, 0.1) is 0 Å². The summed E-state index contributed by atoms with van der Waals surface area (Å²) in [6.07, 6.45) is 3.18. The molecule has 0 spiro atoms. The van der Waals surface area contributed by atoms with Gasteiger partial charge in [0.2, 0.25) is 0 Å². The highest BCUT2D eigenvalue weighted by atomic mass is 16.5. The lowest BCUT2D eigenvalue weighted by molar-refractivity contribution is 0.386. The summed E-state index contributed by atoms with van der Waals surface area (Å²) >= 11 is 0. The van der Waals surface area contributed by atoms with E-state index in [0.29, 0.717) is 6.01 Å². The van der Waals surface area contributed by atoms with E-state index in [1.807, 2.05) is 0 Å². The van der Waals surface area contributed by atoms with Gasteiger partial charge in [0.25, 0.3) is 6.01 Å². The largest absolute Gasteiger partial charge is 0.468 e. The molecule has 0 aliphatic carbocycles. The van der Waals surface area contributed by atoms with Crippen molar-refractivity contribution in [2.24, 2.45) is 0 Å². The Morgan fingerprint density at radius 1 is 1.36 bits per heavy atom. The van der Waals surface area contributed by atoms with Gasteiger partial charge in [0, 0.05) is 0 Å². The van der Waals surface area contributed by atoms with Gasteiger partial charge in [-0.15, -0.1) is 0 Å². The minimum absolute atomic E-state index is 0.481. The number of rotatable bonds is 1. The summed E-state index contributed by atoms with van der Waals surface area (Å²) in [5.74, 6) is 0. The number of methoxy groups -OCH3 is 1. The van der Waals surface area contributed by atoms with Gasteiger partial charge in [-0.1, -0.05) is 0 Å². The Kier molecular flexibility index (Phi) is 1.21. The van der Waals surface area contributed by atoms with Crippen LogP contribution in [0.5, 0.6) is 6.01 Å². The van der Waals surface area contributed by atoms with E-state index in [4.69, 9.17) is 4.74 Å². The maximum Gasteiger partial charge on any atom is 0.294 e. The van der Waals surface area contributed by atoms with Gasteiger partial charge in [-0.25, -0.2) is 0 Å². The molecular formula is C6H6N4O. The molecule has 2 aromatic rings. The zero-order chi connectivity index (χ0) is 7.68. The van der Waals surface area contributed by atoms with Crippen molar-refractivity contribution in [3.8, 4) is 6.01 Å². The number of H-pyrrole nitrogens is 1. The molecule has 0 aromatic carbocycles. The van der Waals surface area contributed by atoms with Crippen molar-refractivity contribution in [3.05, 3.63) is 12.4 Å². The summed E-state index contributed by atoms with van der Waals surface area (Å²) in [6.45, 7) is 0. The second-order valence-corrected chi connectivity index (χ2v) is 2.03. The predicted molar refractivity (Wildman–Crippen MR) is 38.2 cm³/mol. The minimum atomic E-state index is 0.481. The fraction of sp³-hybridized carbons (Fsp3) is 0.167. The van der Waals surface area contributed by atoms with E-state index in [1.165, 1.54) is 0 Å². The number of nitrogens with one attached hydrogen (secondary N) is 1. The molecule has 5 heteroatoms. The van der Waals surface area contributed by atoms with Crippen LogP contribution in [0.4, 0.5) is 0 Å². The summed E-state index contributed by atoms with van der Waals surface area (Å²) in [5, 5.41) is 7.36. The van der Waals surface area contributed by atoms with Crippen LogP contribution in [-0.2, 0) is 0 Å². The number of fused-ring (bicyclic) bond motifs is 1. The quantitative estimate of drug-likeness (QED) is 0.637. The predicted octanol–water partition coefficient (Wildman–Crippen LogP) is 0.361. The zero-order valence-corrected chi connectivity index (χ0v) is 5.90. The Balaban J connectivity index is 2.69. The van der Waals surface area contributed by atoms with Crippen molar-refractivity contribution in [3.63, 3.8) is 0 Å². The molecule has 0 atom stereocenters. The van der Waals surface area contributed by atoms with Crippen molar-refractivity contribution in [2.45, 2.75) is 0 Å². The molecule has 0 amide bonds. The van der Waals surface area contributed by atoms with Gasteiger partial charge in [-0.05, 0) is 0 Å². The maximum atomic E-state index is 4.88. The summed E-state index contributed by atoms with van der Waals surface area (Å²) in [5.41, 5.74) is 1.59. The Morgan fingerprint density at radius 3 is 2.91 bits per heavy atom. The SMILES string of the molecule is COc1nc2cnncc2[nH]1. The summed E-state index contributed by atoms with van der Waals surface area (Å²) in [4.78, 5) is 6.96. The molecule has 0 fully saturated rings. The second kappa shape index (κ2) is 2.19. The van der Waals surface area contributed by atoms with Crippen LogP contribution in [0.25, 0.3) is 11.0 Å². The first-order valence-corrected chi connectivity index (χ1v) is 3.10. The van der Waals surface area contributed by atoms with E-state index in [1.54, 1.807) is 19.5 Å². The Labute approximate surface area is 62.4 Å². The van der Waals surface area contributed by atoms with Crippen molar-refractivity contribution in [2.75, 3.05) is 7.11 Å². The average molecular weight is 150 g/mol. The maximum absolute atomic E-state index is 4.88. The van der Waals surface area contributed by atoms with E-state index in [-0.39, 0.29) is 0 Å². The Morgan fingerprint density at radius 2 is 2.18 bits per heavy atom. The highest BCUT2D eigenvalue weighted by Crippen LogP contribution is 2.11. The van der Waals surface area contributed by atoms with Crippen LogP contribution < -0.4 is 4.74 Å². The van der Waals surface area contributed by atoms with E-state index >= 15 is 0 Å². The smallest absolute Gasteiger partial charge is 0.294 e. The summed E-state index contributed by atoms with van der Waals surface area (Å²) in [6, 6.07) is 0.481. The number of imidazole rings is 1. The molecule has 11 heavy (non-hydrogen) atoms. The molecule has 0 aliphatic heterocycles. The minimum Gasteiger partial charge on any atom is -0.468 e. The molecule has 0 bridgehead atoms. The third kappa shape index (κ3) is 0.899. The third-order valence-corrected chi connectivity index (χ3v) is 1.37. The monoisotopic (exact) mass is 150 g/mol. The topological polar surface area (TPSA) is 63.7 Å². The first-order valence-electron chi connectivity index (χ1n) is 3.10. The average Bonchev–Trinajstić information content (AvgIpc) is 2.46. The van der Waals surface area contributed by atoms with Gasteiger partial charge < -0.3 is 9.72 Å². The van der Waals surface area contributed by atoms with Crippen molar-refractivity contribution >= 4 is 11.0 Å². The normalized spacial score (nSPS) is 10.3. The molecule has 0 saturated carbocycles. The molecule has 56 valence electrons. The van der Waals surface area contributed by atoms with Gasteiger partial charge in [0.1, 0.15) is 5.52 Å². The highest BCUT2D eigenvalue weighted by Gasteiger charge is 2.00. The number of ether oxygens (including phenoxy) is 1. The van der Waals surface area contributed by atoms with E-state index in [0.717, 1.165) is 11.0 Å². The number of hydrogen-bond acceptors (Lipinski definition) is 4. The fourth-order valence-electron chi connectivity index (χ4n) is 0.849. The van der Waals surface area contributed by atoms with Gasteiger partial charge in [0.15, 0.2) is 0 Å². The molecule has 1 N–H and O–H groups in total. The van der Waals surface area contributed by atoms with Crippen LogP contribution >= 0.6 is 0 Å². The van der Waals surface area contributed by atoms with E-state index < -0.39 is 0 Å². The molecule has 2 heterocycles. The summed E-state index contributed by atoms with van der Waals surface area (Å²) in [7, 11) is 1.55. The van der Waals surface area contributed by atoms with Gasteiger partial charge in [-0.3, -0.25) is 0 Å². The number of nitrogens with zero attached hydrogens (tertiary/aromatic N) is 3. The van der Waals surface area contributed by atoms with E-state index in [2.05, 4.69) is 20.2 Å². The zero-order valence-electron chi connectivity index (χ0n) is 5.90. The van der Waals surface area contributed by atoms with E-state index in [9.17, 15) is 0 Å². The lowest BCUT2D eigenvalue weighted by atomic mass is 10.5. The van der Waals surface area contributed by atoms with Crippen molar-refractivity contribution in [1.82, 2.24) is 20.2 Å².